The second-order valence-corrected chi connectivity index (χ2v) is 7.56. The second-order valence-electron chi connectivity index (χ2n) is 5.17. The molecule has 1 atom stereocenters. The number of Topliss-reactive ketones (excluding diaryl/α,β-unsaturated/α-hetero) is 1. The number of carboxylic acid groups (broad SMARTS) is 1. The first-order valence-corrected chi connectivity index (χ1v) is 8.92. The largest absolute Gasteiger partial charge is 0.481 e. The Balaban J connectivity index is 2.24. The van der Waals surface area contributed by atoms with Gasteiger partial charge in [0.1, 0.15) is 6.61 Å². The van der Waals surface area contributed by atoms with Crippen molar-refractivity contribution in [1.29, 1.82) is 0 Å². The van der Waals surface area contributed by atoms with E-state index in [9.17, 15) is 14.2 Å². The maximum Gasteiger partial charge on any atom is 0.305 e. The Bertz CT molecular complexity index is 705. The van der Waals surface area contributed by atoms with Crippen LogP contribution in [0, 0.1) is 0 Å². The molecule has 0 spiro atoms. The van der Waals surface area contributed by atoms with Crippen molar-refractivity contribution in [2.75, 3.05) is 6.61 Å². The van der Waals surface area contributed by atoms with E-state index in [1.165, 1.54) is 0 Å². The Morgan fingerprint density at radius 1 is 1.00 bits per heavy atom. The smallest absolute Gasteiger partial charge is 0.305 e. The van der Waals surface area contributed by atoms with E-state index in [1.807, 2.05) is 0 Å². The van der Waals surface area contributed by atoms with Crippen LogP contribution in [0.15, 0.2) is 60.7 Å². The Kier molecular flexibility index (Phi) is 6.04. The molecule has 0 aliphatic rings. The highest BCUT2D eigenvalue weighted by molar-refractivity contribution is 7.74. The van der Waals surface area contributed by atoms with Crippen LogP contribution in [-0.2, 0) is 18.7 Å². The monoisotopic (exact) mass is 347 g/mol. The van der Waals surface area contributed by atoms with Crippen LogP contribution in [0.2, 0.25) is 0 Å². The number of rotatable bonds is 8. The first-order chi connectivity index (χ1) is 11.4. The molecule has 0 bridgehead atoms. The van der Waals surface area contributed by atoms with Gasteiger partial charge in [-0.25, -0.2) is 0 Å². The number of nitrogens with two attached hydrogens (primary N) is 1. The Morgan fingerprint density at radius 2 is 1.46 bits per heavy atom. The van der Waals surface area contributed by atoms with E-state index in [0.717, 1.165) is 0 Å². The first kappa shape index (κ1) is 18.1. The molecule has 0 aliphatic heterocycles. The number of benzene rings is 2. The van der Waals surface area contributed by atoms with Gasteiger partial charge in [-0.2, -0.15) is 0 Å². The average Bonchev–Trinajstić information content (AvgIpc) is 2.60. The average molecular weight is 347 g/mol. The molecule has 2 aromatic rings. The molecule has 2 rings (SSSR count). The molecule has 6 nitrogen and oxygen atoms in total. The van der Waals surface area contributed by atoms with Crippen molar-refractivity contribution in [2.24, 2.45) is 5.73 Å². The molecule has 2 aromatic carbocycles. The summed E-state index contributed by atoms with van der Waals surface area (Å²) in [6, 6.07) is 15.9. The fraction of sp³-hybridized carbons (Fsp3) is 0.176. The Labute approximate surface area is 139 Å². The molecule has 0 aromatic heterocycles. The van der Waals surface area contributed by atoms with Crippen molar-refractivity contribution in [1.82, 2.24) is 0 Å². The fourth-order valence-corrected chi connectivity index (χ4v) is 4.14. The molecule has 0 fully saturated rings. The molecule has 0 radical (unpaired) electrons. The van der Waals surface area contributed by atoms with Crippen molar-refractivity contribution in [2.45, 2.75) is 12.5 Å². The lowest BCUT2D eigenvalue weighted by Crippen LogP contribution is -2.36. The standard InChI is InChI=1S/C17H18NO5P/c18-15(11-17(20)21)16(19)12-23-24(22,13-7-3-1-4-8-13)14-9-5-2-6-10-14/h1-10,15H,11-12,18H2,(H,20,21)/t15-/m0/s1. The number of carbonyl (C=O) groups is 2. The lowest BCUT2D eigenvalue weighted by molar-refractivity contribution is -0.139. The van der Waals surface area contributed by atoms with Gasteiger partial charge < -0.3 is 15.4 Å². The van der Waals surface area contributed by atoms with E-state index in [1.54, 1.807) is 60.7 Å². The Hall–Kier alpha value is -2.27. The molecule has 0 amide bonds. The van der Waals surface area contributed by atoms with E-state index in [2.05, 4.69) is 0 Å². The molecule has 7 heteroatoms. The molecule has 0 heterocycles. The van der Waals surface area contributed by atoms with Crippen LogP contribution in [-0.4, -0.2) is 29.5 Å². The summed E-state index contributed by atoms with van der Waals surface area (Å²) < 4.78 is 18.9. The van der Waals surface area contributed by atoms with Crippen LogP contribution in [0.4, 0.5) is 0 Å². The van der Waals surface area contributed by atoms with Crippen LogP contribution in [0.3, 0.4) is 0 Å². The van der Waals surface area contributed by atoms with Gasteiger partial charge in [-0.15, -0.1) is 0 Å². The van der Waals surface area contributed by atoms with Crippen LogP contribution in [0.1, 0.15) is 6.42 Å². The molecule has 0 aliphatic carbocycles. The summed E-state index contributed by atoms with van der Waals surface area (Å²) in [5, 5.41) is 9.60. The Morgan fingerprint density at radius 3 is 1.88 bits per heavy atom. The normalized spacial score (nSPS) is 12.5. The quantitative estimate of drug-likeness (QED) is 0.697. The topological polar surface area (TPSA) is 107 Å². The number of hydrogen-bond donors (Lipinski definition) is 2. The summed E-state index contributed by atoms with van der Waals surface area (Å²) in [5.74, 6) is -1.78. The van der Waals surface area contributed by atoms with Crippen molar-refractivity contribution in [3.05, 3.63) is 60.7 Å². The molecule has 3 N–H and O–H groups in total. The zero-order chi connectivity index (χ0) is 17.6. The predicted octanol–water partition coefficient (Wildman–Crippen LogP) is 1.30. The van der Waals surface area contributed by atoms with E-state index in [-0.39, 0.29) is 0 Å². The number of hydrogen-bond acceptors (Lipinski definition) is 5. The highest BCUT2D eigenvalue weighted by atomic mass is 31.2. The third kappa shape index (κ3) is 4.38. The summed E-state index contributed by atoms with van der Waals surface area (Å²) in [4.78, 5) is 22.6. The lowest BCUT2D eigenvalue weighted by Gasteiger charge is -2.19. The first-order valence-electron chi connectivity index (χ1n) is 7.29. The van der Waals surface area contributed by atoms with Crippen molar-refractivity contribution < 1.29 is 23.8 Å². The van der Waals surface area contributed by atoms with Crippen LogP contribution in [0.25, 0.3) is 0 Å². The van der Waals surface area contributed by atoms with E-state index in [0.29, 0.717) is 10.6 Å². The summed E-state index contributed by atoms with van der Waals surface area (Å²) in [6.07, 6.45) is -0.497. The highest BCUT2D eigenvalue weighted by Crippen LogP contribution is 2.44. The molecule has 24 heavy (non-hydrogen) atoms. The molecule has 126 valence electrons. The van der Waals surface area contributed by atoms with Gasteiger partial charge in [-0.3, -0.25) is 14.2 Å². The number of carbonyl (C=O) groups excluding carboxylic acids is 1. The van der Waals surface area contributed by atoms with E-state index in [4.69, 9.17) is 15.4 Å². The third-order valence-corrected chi connectivity index (χ3v) is 5.84. The van der Waals surface area contributed by atoms with Gasteiger partial charge in [-0.05, 0) is 24.3 Å². The van der Waals surface area contributed by atoms with Crippen molar-refractivity contribution >= 4 is 29.7 Å². The molecule has 0 saturated carbocycles. The van der Waals surface area contributed by atoms with Gasteiger partial charge in [-0.1, -0.05) is 36.4 Å². The van der Waals surface area contributed by atoms with E-state index >= 15 is 0 Å². The fourth-order valence-electron chi connectivity index (χ4n) is 2.11. The second kappa shape index (κ2) is 8.02. The summed E-state index contributed by atoms with van der Waals surface area (Å²) in [7, 11) is -3.48. The molecular formula is C17H18NO5P. The van der Waals surface area contributed by atoms with Gasteiger partial charge in [0.05, 0.1) is 12.5 Å². The zero-order valence-corrected chi connectivity index (χ0v) is 13.8. The predicted molar refractivity (Wildman–Crippen MR) is 90.9 cm³/mol. The number of carboxylic acids is 1. The minimum atomic E-state index is -3.48. The number of ketones is 1. The van der Waals surface area contributed by atoms with Gasteiger partial charge in [0, 0.05) is 10.6 Å². The maximum atomic E-state index is 13.4. The van der Waals surface area contributed by atoms with Gasteiger partial charge in [0.25, 0.3) is 7.37 Å². The lowest BCUT2D eigenvalue weighted by atomic mass is 10.1. The van der Waals surface area contributed by atoms with E-state index < -0.39 is 38.2 Å². The summed E-state index contributed by atoms with van der Waals surface area (Å²) in [6.45, 7) is -0.518. The summed E-state index contributed by atoms with van der Waals surface area (Å²) >= 11 is 0. The minimum absolute atomic E-state index is 0.454. The summed E-state index contributed by atoms with van der Waals surface area (Å²) in [5.41, 5.74) is 5.52. The maximum absolute atomic E-state index is 13.4. The SMILES string of the molecule is N[C@@H](CC(=O)O)C(=O)COP(=O)(c1ccccc1)c1ccccc1. The van der Waals surface area contributed by atoms with Crippen molar-refractivity contribution in [3.8, 4) is 0 Å². The number of aliphatic carboxylic acids is 1. The third-order valence-electron chi connectivity index (χ3n) is 3.39. The van der Waals surface area contributed by atoms with Crippen LogP contribution >= 0.6 is 7.37 Å². The molecule has 0 unspecified atom stereocenters. The molecular weight excluding hydrogens is 329 g/mol. The zero-order valence-electron chi connectivity index (χ0n) is 12.9. The van der Waals surface area contributed by atoms with Crippen LogP contribution in [0.5, 0.6) is 0 Å². The molecule has 0 saturated heterocycles. The van der Waals surface area contributed by atoms with Gasteiger partial charge in [0.15, 0.2) is 5.78 Å². The van der Waals surface area contributed by atoms with Gasteiger partial charge >= 0.3 is 5.97 Å². The van der Waals surface area contributed by atoms with Gasteiger partial charge in [0.2, 0.25) is 0 Å². The highest BCUT2D eigenvalue weighted by Gasteiger charge is 2.30. The van der Waals surface area contributed by atoms with Crippen LogP contribution < -0.4 is 16.3 Å². The minimum Gasteiger partial charge on any atom is -0.481 e. The van der Waals surface area contributed by atoms with Crippen molar-refractivity contribution in [3.63, 3.8) is 0 Å².